The second-order valence-electron chi connectivity index (χ2n) is 5.93. The quantitative estimate of drug-likeness (QED) is 0.793. The fraction of sp³-hybridized carbons (Fsp3) is 0.333. The molecule has 0 bridgehead atoms. The Hall–Kier alpha value is -2.82. The minimum absolute atomic E-state index is 0.0198. The summed E-state index contributed by atoms with van der Waals surface area (Å²) in [4.78, 5) is 24.8. The first-order valence-electron chi connectivity index (χ1n) is 8.65. The van der Waals surface area contributed by atoms with Gasteiger partial charge in [0, 0.05) is 0 Å². The van der Waals surface area contributed by atoms with Gasteiger partial charge in [-0.15, -0.1) is 0 Å². The lowest BCUT2D eigenvalue weighted by atomic mass is 9.88. The molecular weight excluding hydrogens is 332 g/mol. The summed E-state index contributed by atoms with van der Waals surface area (Å²) in [5, 5.41) is 10.6. The van der Waals surface area contributed by atoms with Crippen LogP contribution in [-0.4, -0.2) is 30.3 Å². The summed E-state index contributed by atoms with van der Waals surface area (Å²) in [6, 6.07) is 9.73. The molecule has 0 unspecified atom stereocenters. The summed E-state index contributed by atoms with van der Waals surface area (Å²) in [7, 11) is 0. The maximum absolute atomic E-state index is 12.4. The van der Waals surface area contributed by atoms with Crippen LogP contribution in [-0.2, 0) is 15.9 Å². The van der Waals surface area contributed by atoms with E-state index >= 15 is 0 Å². The van der Waals surface area contributed by atoms with Gasteiger partial charge < -0.3 is 14.6 Å². The Balaban J connectivity index is 2.69. The van der Waals surface area contributed by atoms with Gasteiger partial charge in [0.25, 0.3) is 0 Å². The van der Waals surface area contributed by atoms with E-state index in [0.29, 0.717) is 17.5 Å². The molecule has 0 aliphatic rings. The molecule has 0 aromatic heterocycles. The van der Waals surface area contributed by atoms with Crippen molar-refractivity contribution >= 4 is 11.9 Å². The van der Waals surface area contributed by atoms with Crippen molar-refractivity contribution in [1.82, 2.24) is 0 Å². The maximum Gasteiger partial charge on any atom is 0.342 e. The molecule has 1 N–H and O–H groups in total. The Morgan fingerprint density at radius 2 is 1.35 bits per heavy atom. The number of benzene rings is 2. The minimum Gasteiger partial charge on any atom is -0.506 e. The predicted octanol–water partition coefficient (Wildman–Crippen LogP) is 3.95. The highest BCUT2D eigenvalue weighted by Gasteiger charge is 2.28. The second kappa shape index (κ2) is 8.52. The van der Waals surface area contributed by atoms with Crippen LogP contribution in [0.15, 0.2) is 30.3 Å². The number of rotatable bonds is 6. The van der Waals surface area contributed by atoms with Gasteiger partial charge in [0.05, 0.1) is 13.2 Å². The molecule has 138 valence electrons. The van der Waals surface area contributed by atoms with Crippen LogP contribution in [0, 0.1) is 13.8 Å². The van der Waals surface area contributed by atoms with Crippen molar-refractivity contribution in [2.24, 2.45) is 0 Å². The van der Waals surface area contributed by atoms with Gasteiger partial charge in [-0.3, -0.25) is 0 Å². The van der Waals surface area contributed by atoms with Gasteiger partial charge in [0.2, 0.25) is 0 Å². The van der Waals surface area contributed by atoms with E-state index in [1.165, 1.54) is 0 Å². The Morgan fingerprint density at radius 1 is 0.885 bits per heavy atom. The lowest BCUT2D eigenvalue weighted by Crippen LogP contribution is -2.16. The van der Waals surface area contributed by atoms with Crippen LogP contribution in [0.4, 0.5) is 0 Å². The third kappa shape index (κ3) is 3.87. The van der Waals surface area contributed by atoms with E-state index < -0.39 is 11.9 Å². The van der Waals surface area contributed by atoms with Crippen molar-refractivity contribution in [2.75, 3.05) is 13.2 Å². The van der Waals surface area contributed by atoms with E-state index in [1.54, 1.807) is 27.7 Å². The van der Waals surface area contributed by atoms with E-state index in [-0.39, 0.29) is 30.1 Å². The third-order valence-corrected chi connectivity index (χ3v) is 4.31. The monoisotopic (exact) mass is 356 g/mol. The van der Waals surface area contributed by atoms with Crippen molar-refractivity contribution < 1.29 is 24.2 Å². The van der Waals surface area contributed by atoms with E-state index in [0.717, 1.165) is 11.1 Å². The molecule has 0 aliphatic heterocycles. The number of carbonyl (C=O) groups excluding carboxylic acids is 2. The number of hydrogen-bond acceptors (Lipinski definition) is 5. The Labute approximate surface area is 153 Å². The molecule has 2 aromatic carbocycles. The third-order valence-electron chi connectivity index (χ3n) is 4.31. The highest BCUT2D eigenvalue weighted by atomic mass is 16.5. The van der Waals surface area contributed by atoms with E-state index in [1.807, 2.05) is 30.3 Å². The molecule has 0 radical (unpaired) electrons. The molecule has 0 aliphatic carbocycles. The number of carbonyl (C=O) groups is 2. The fourth-order valence-corrected chi connectivity index (χ4v) is 3.03. The van der Waals surface area contributed by atoms with Gasteiger partial charge in [-0.1, -0.05) is 30.3 Å². The van der Waals surface area contributed by atoms with Crippen molar-refractivity contribution in [2.45, 2.75) is 34.1 Å². The summed E-state index contributed by atoms with van der Waals surface area (Å²) < 4.78 is 10.2. The molecule has 0 saturated carbocycles. The zero-order valence-corrected chi connectivity index (χ0v) is 15.6. The van der Waals surface area contributed by atoms with Crippen LogP contribution < -0.4 is 0 Å². The van der Waals surface area contributed by atoms with Crippen molar-refractivity contribution in [3.05, 3.63) is 63.7 Å². The van der Waals surface area contributed by atoms with Gasteiger partial charge in [0.15, 0.2) is 0 Å². The number of hydrogen-bond donors (Lipinski definition) is 1. The highest BCUT2D eigenvalue weighted by molar-refractivity contribution is 6.02. The molecule has 0 saturated heterocycles. The molecule has 0 fully saturated rings. The Morgan fingerprint density at radius 3 is 1.77 bits per heavy atom. The number of phenolic OH excluding ortho intramolecular Hbond substituents is 1. The highest BCUT2D eigenvalue weighted by Crippen LogP contribution is 2.35. The molecule has 5 nitrogen and oxygen atoms in total. The SMILES string of the molecule is CCOC(=O)c1c(C)c(Cc2ccccc2)c(C)c(C(=O)OCC)c1O. The fourth-order valence-electron chi connectivity index (χ4n) is 3.03. The predicted molar refractivity (Wildman–Crippen MR) is 98.7 cm³/mol. The zero-order chi connectivity index (χ0) is 19.3. The molecule has 0 spiro atoms. The molecule has 2 aromatic rings. The summed E-state index contributed by atoms with van der Waals surface area (Å²) in [5.41, 5.74) is 3.10. The topological polar surface area (TPSA) is 72.8 Å². The molecule has 2 rings (SSSR count). The van der Waals surface area contributed by atoms with Crippen LogP contribution in [0.5, 0.6) is 5.75 Å². The average molecular weight is 356 g/mol. The molecule has 5 heteroatoms. The van der Waals surface area contributed by atoms with Crippen molar-refractivity contribution in [1.29, 1.82) is 0 Å². The van der Waals surface area contributed by atoms with Crippen molar-refractivity contribution in [3.63, 3.8) is 0 Å². The van der Waals surface area contributed by atoms with Crippen LogP contribution in [0.3, 0.4) is 0 Å². The van der Waals surface area contributed by atoms with Crippen LogP contribution in [0.2, 0.25) is 0 Å². The van der Waals surface area contributed by atoms with E-state index in [4.69, 9.17) is 9.47 Å². The first kappa shape index (κ1) is 19.5. The summed E-state index contributed by atoms with van der Waals surface area (Å²) in [6.07, 6.45) is 0.525. The molecule has 0 heterocycles. The minimum atomic E-state index is -0.651. The molecule has 26 heavy (non-hydrogen) atoms. The lowest BCUT2D eigenvalue weighted by Gasteiger charge is -2.19. The van der Waals surface area contributed by atoms with E-state index in [9.17, 15) is 14.7 Å². The normalized spacial score (nSPS) is 10.5. The molecule has 0 atom stereocenters. The van der Waals surface area contributed by atoms with Crippen LogP contribution >= 0.6 is 0 Å². The maximum atomic E-state index is 12.4. The average Bonchev–Trinajstić information content (AvgIpc) is 2.60. The lowest BCUT2D eigenvalue weighted by molar-refractivity contribution is 0.0517. The second-order valence-corrected chi connectivity index (χ2v) is 5.93. The van der Waals surface area contributed by atoms with Gasteiger partial charge in [-0.05, 0) is 56.4 Å². The largest absolute Gasteiger partial charge is 0.506 e. The van der Waals surface area contributed by atoms with Crippen LogP contribution in [0.1, 0.15) is 56.8 Å². The number of phenols is 1. The standard InChI is InChI=1S/C21H24O5/c1-5-25-20(23)17-13(3)16(12-15-10-8-7-9-11-15)14(4)18(19(17)22)21(24)26-6-2/h7-11,22H,5-6,12H2,1-4H3. The molecule has 0 amide bonds. The van der Waals surface area contributed by atoms with Gasteiger partial charge >= 0.3 is 11.9 Å². The summed E-state index contributed by atoms with van der Waals surface area (Å²) in [6.45, 7) is 7.24. The number of aromatic hydroxyl groups is 1. The summed E-state index contributed by atoms with van der Waals surface area (Å²) in [5.74, 6) is -1.68. The zero-order valence-electron chi connectivity index (χ0n) is 15.6. The smallest absolute Gasteiger partial charge is 0.342 e. The van der Waals surface area contributed by atoms with Gasteiger partial charge in [0.1, 0.15) is 16.9 Å². The first-order chi connectivity index (χ1) is 12.4. The molecular formula is C21H24O5. The first-order valence-corrected chi connectivity index (χ1v) is 8.65. The number of esters is 2. The van der Waals surface area contributed by atoms with E-state index in [2.05, 4.69) is 0 Å². The van der Waals surface area contributed by atoms with Crippen molar-refractivity contribution in [3.8, 4) is 5.75 Å². The summed E-state index contributed by atoms with van der Waals surface area (Å²) >= 11 is 0. The Kier molecular flexibility index (Phi) is 6.39. The Bertz CT molecular complexity index is 764. The number of ether oxygens (including phenoxy) is 2. The van der Waals surface area contributed by atoms with Gasteiger partial charge in [-0.25, -0.2) is 9.59 Å². The van der Waals surface area contributed by atoms with Crippen LogP contribution in [0.25, 0.3) is 0 Å². The van der Waals surface area contributed by atoms with Gasteiger partial charge in [-0.2, -0.15) is 0 Å².